The molecule has 20 heavy (non-hydrogen) atoms. The van der Waals surface area contributed by atoms with Crippen molar-refractivity contribution in [3.63, 3.8) is 0 Å². The minimum atomic E-state index is -0.359. The van der Waals surface area contributed by atoms with Crippen LogP contribution in [-0.2, 0) is 14.3 Å². The molecule has 1 amide bonds. The summed E-state index contributed by atoms with van der Waals surface area (Å²) in [5, 5.41) is 0. The summed E-state index contributed by atoms with van der Waals surface area (Å²) < 4.78 is 4.91. The van der Waals surface area contributed by atoms with E-state index in [0.29, 0.717) is 25.5 Å². The zero-order chi connectivity index (χ0) is 15.7. The number of nitrogens with zero attached hydrogens (tertiary/aromatic N) is 1. The van der Waals surface area contributed by atoms with E-state index in [-0.39, 0.29) is 30.4 Å². The highest BCUT2D eigenvalue weighted by Crippen LogP contribution is 2.16. The highest BCUT2D eigenvalue weighted by molar-refractivity contribution is 5.82. The van der Waals surface area contributed by atoms with Gasteiger partial charge in [-0.15, -0.1) is 0 Å². The van der Waals surface area contributed by atoms with Gasteiger partial charge in [0.25, 0.3) is 0 Å². The van der Waals surface area contributed by atoms with Crippen LogP contribution in [-0.4, -0.2) is 42.5 Å². The lowest BCUT2D eigenvalue weighted by Gasteiger charge is -2.28. The van der Waals surface area contributed by atoms with E-state index < -0.39 is 0 Å². The molecule has 2 N–H and O–H groups in total. The lowest BCUT2D eigenvalue weighted by atomic mass is 9.93. The second-order valence-corrected chi connectivity index (χ2v) is 5.86. The van der Waals surface area contributed by atoms with Gasteiger partial charge in [0.15, 0.2) is 0 Å². The molecule has 5 nitrogen and oxygen atoms in total. The third-order valence-electron chi connectivity index (χ3n) is 3.15. The number of carbonyl (C=O) groups is 2. The van der Waals surface area contributed by atoms with E-state index in [4.69, 9.17) is 10.5 Å². The maximum atomic E-state index is 12.3. The predicted octanol–water partition coefficient (Wildman–Crippen LogP) is 1.80. The molecule has 0 aliphatic carbocycles. The molecule has 0 aromatic rings. The Hall–Kier alpha value is -1.10. The molecule has 0 spiro atoms. The molecular weight excluding hydrogens is 256 g/mol. The number of nitrogens with two attached hydrogens (primary N) is 1. The average molecular weight is 286 g/mol. The van der Waals surface area contributed by atoms with Crippen LogP contribution in [0.3, 0.4) is 0 Å². The van der Waals surface area contributed by atoms with Crippen molar-refractivity contribution in [1.82, 2.24) is 4.90 Å². The molecule has 0 aromatic heterocycles. The van der Waals surface area contributed by atoms with Crippen LogP contribution in [0.5, 0.6) is 0 Å². The summed E-state index contributed by atoms with van der Waals surface area (Å²) in [6.45, 7) is 10.6. The molecule has 0 radical (unpaired) electrons. The number of esters is 1. The summed E-state index contributed by atoms with van der Waals surface area (Å²) in [6, 6.07) is -0.0237. The van der Waals surface area contributed by atoms with Gasteiger partial charge in [0, 0.05) is 12.5 Å². The zero-order valence-electron chi connectivity index (χ0n) is 13.5. The van der Waals surface area contributed by atoms with Crippen molar-refractivity contribution in [2.24, 2.45) is 17.6 Å². The average Bonchev–Trinajstić information content (AvgIpc) is 2.34. The van der Waals surface area contributed by atoms with E-state index in [2.05, 4.69) is 13.8 Å². The molecule has 1 atom stereocenters. The van der Waals surface area contributed by atoms with Crippen LogP contribution in [0.2, 0.25) is 0 Å². The number of carbonyl (C=O) groups excluding carboxylic acids is 2. The van der Waals surface area contributed by atoms with Crippen LogP contribution in [0.25, 0.3) is 0 Å². The van der Waals surface area contributed by atoms with Gasteiger partial charge in [0.05, 0.1) is 6.61 Å². The summed E-state index contributed by atoms with van der Waals surface area (Å²) in [7, 11) is 0. The van der Waals surface area contributed by atoms with E-state index in [1.54, 1.807) is 11.8 Å². The third kappa shape index (κ3) is 7.48. The van der Waals surface area contributed by atoms with Gasteiger partial charge >= 0.3 is 5.97 Å². The fourth-order valence-corrected chi connectivity index (χ4v) is 2.20. The molecule has 0 rings (SSSR count). The molecule has 0 aromatic carbocycles. The molecule has 0 aliphatic rings. The number of amides is 1. The second-order valence-electron chi connectivity index (χ2n) is 5.86. The Labute approximate surface area is 122 Å². The standard InChI is InChI=1S/C15H30N2O3/c1-6-20-15(19)10-17(12(4)5)14(18)8-13(9-16)7-11(2)3/h11-13H,6-10,16H2,1-5H3. The Morgan fingerprint density at radius 2 is 1.80 bits per heavy atom. The summed E-state index contributed by atoms with van der Waals surface area (Å²) >= 11 is 0. The van der Waals surface area contributed by atoms with Crippen molar-refractivity contribution in [3.8, 4) is 0 Å². The van der Waals surface area contributed by atoms with E-state index in [1.165, 1.54) is 0 Å². The summed E-state index contributed by atoms with van der Waals surface area (Å²) in [5.74, 6) is 0.298. The quantitative estimate of drug-likeness (QED) is 0.656. The maximum absolute atomic E-state index is 12.3. The second kappa shape index (κ2) is 9.75. The predicted molar refractivity (Wildman–Crippen MR) is 80.1 cm³/mol. The Bertz CT molecular complexity index is 303. The fraction of sp³-hybridized carbons (Fsp3) is 0.867. The first-order valence-corrected chi connectivity index (χ1v) is 7.46. The van der Waals surface area contributed by atoms with Gasteiger partial charge < -0.3 is 15.4 Å². The lowest BCUT2D eigenvalue weighted by molar-refractivity contribution is -0.150. The molecule has 0 heterocycles. The number of rotatable bonds is 9. The largest absolute Gasteiger partial charge is 0.465 e. The molecule has 0 bridgehead atoms. The van der Waals surface area contributed by atoms with Crippen molar-refractivity contribution >= 4 is 11.9 Å². The van der Waals surface area contributed by atoms with Crippen molar-refractivity contribution in [2.75, 3.05) is 19.7 Å². The Kier molecular flexibility index (Phi) is 9.21. The van der Waals surface area contributed by atoms with Crippen LogP contribution in [0.15, 0.2) is 0 Å². The molecular formula is C15H30N2O3. The first-order chi connectivity index (χ1) is 9.31. The van der Waals surface area contributed by atoms with Crippen LogP contribution in [0.1, 0.15) is 47.5 Å². The lowest BCUT2D eigenvalue weighted by Crippen LogP contribution is -2.42. The molecule has 118 valence electrons. The maximum Gasteiger partial charge on any atom is 0.325 e. The van der Waals surface area contributed by atoms with Gasteiger partial charge in [-0.05, 0) is 45.6 Å². The Morgan fingerprint density at radius 1 is 1.20 bits per heavy atom. The Balaban J connectivity index is 4.59. The van der Waals surface area contributed by atoms with Gasteiger partial charge in [0.2, 0.25) is 5.91 Å². The van der Waals surface area contributed by atoms with E-state index in [0.717, 1.165) is 6.42 Å². The topological polar surface area (TPSA) is 72.6 Å². The SMILES string of the molecule is CCOC(=O)CN(C(=O)CC(CN)CC(C)C)C(C)C. The Morgan fingerprint density at radius 3 is 2.20 bits per heavy atom. The number of ether oxygens (including phenoxy) is 1. The van der Waals surface area contributed by atoms with E-state index >= 15 is 0 Å². The van der Waals surface area contributed by atoms with Crippen molar-refractivity contribution in [2.45, 2.75) is 53.5 Å². The summed E-state index contributed by atoms with van der Waals surface area (Å²) in [6.07, 6.45) is 1.32. The van der Waals surface area contributed by atoms with Gasteiger partial charge in [-0.1, -0.05) is 13.8 Å². The highest BCUT2D eigenvalue weighted by atomic mass is 16.5. The number of hydrogen-bond acceptors (Lipinski definition) is 4. The summed E-state index contributed by atoms with van der Waals surface area (Å²) in [5.41, 5.74) is 5.73. The van der Waals surface area contributed by atoms with Gasteiger partial charge in [-0.3, -0.25) is 9.59 Å². The van der Waals surface area contributed by atoms with Gasteiger partial charge in [0.1, 0.15) is 6.54 Å². The normalized spacial score (nSPS) is 12.6. The van der Waals surface area contributed by atoms with Crippen LogP contribution < -0.4 is 5.73 Å². The van der Waals surface area contributed by atoms with Crippen LogP contribution in [0.4, 0.5) is 0 Å². The molecule has 0 saturated heterocycles. The first kappa shape index (κ1) is 18.9. The zero-order valence-corrected chi connectivity index (χ0v) is 13.5. The molecule has 5 heteroatoms. The van der Waals surface area contributed by atoms with E-state index in [1.807, 2.05) is 13.8 Å². The first-order valence-electron chi connectivity index (χ1n) is 7.46. The minimum absolute atomic E-state index is 0.0172. The van der Waals surface area contributed by atoms with Crippen molar-refractivity contribution < 1.29 is 14.3 Å². The van der Waals surface area contributed by atoms with Crippen LogP contribution >= 0.6 is 0 Å². The van der Waals surface area contributed by atoms with Crippen molar-refractivity contribution in [1.29, 1.82) is 0 Å². The number of hydrogen-bond donors (Lipinski definition) is 1. The van der Waals surface area contributed by atoms with Gasteiger partial charge in [-0.25, -0.2) is 0 Å². The van der Waals surface area contributed by atoms with Crippen LogP contribution in [0, 0.1) is 11.8 Å². The van der Waals surface area contributed by atoms with Gasteiger partial charge in [-0.2, -0.15) is 0 Å². The van der Waals surface area contributed by atoms with Crippen molar-refractivity contribution in [3.05, 3.63) is 0 Å². The highest BCUT2D eigenvalue weighted by Gasteiger charge is 2.23. The minimum Gasteiger partial charge on any atom is -0.465 e. The molecule has 1 unspecified atom stereocenters. The van der Waals surface area contributed by atoms with E-state index in [9.17, 15) is 9.59 Å². The summed E-state index contributed by atoms with van der Waals surface area (Å²) in [4.78, 5) is 25.5. The fourth-order valence-electron chi connectivity index (χ4n) is 2.20. The third-order valence-corrected chi connectivity index (χ3v) is 3.15. The smallest absolute Gasteiger partial charge is 0.325 e. The molecule has 0 fully saturated rings. The monoisotopic (exact) mass is 286 g/mol. The molecule has 0 aliphatic heterocycles. The molecule has 0 saturated carbocycles.